The molecule has 0 bridgehead atoms. The van der Waals surface area contributed by atoms with Gasteiger partial charge >= 0.3 is 6.61 Å². The van der Waals surface area contributed by atoms with Crippen molar-refractivity contribution in [3.63, 3.8) is 0 Å². The van der Waals surface area contributed by atoms with Crippen LogP contribution in [0.4, 0.5) is 13.2 Å². The minimum atomic E-state index is -2.99. The maximum atomic E-state index is 13.6. The summed E-state index contributed by atoms with van der Waals surface area (Å²) in [5.41, 5.74) is 0.955. The Balaban J connectivity index is 0.00000280. The molecule has 1 aliphatic rings. The molecule has 1 heterocycles. The molecule has 152 valence electrons. The van der Waals surface area contributed by atoms with Crippen LogP contribution in [0, 0.1) is 5.82 Å². The van der Waals surface area contributed by atoms with Gasteiger partial charge in [-0.25, -0.2) is 4.39 Å². The van der Waals surface area contributed by atoms with E-state index in [1.165, 1.54) is 37.4 Å². The number of nitrogens with one attached hydrogen (secondary N) is 1. The lowest BCUT2D eigenvalue weighted by Gasteiger charge is -2.36. The summed E-state index contributed by atoms with van der Waals surface area (Å²) in [5, 5.41) is 3.20. The van der Waals surface area contributed by atoms with Crippen molar-refractivity contribution in [2.75, 3.05) is 26.7 Å². The first-order valence-corrected chi connectivity index (χ1v) is 8.39. The Bertz CT molecular complexity index is 823. The molecule has 0 aliphatic carbocycles. The van der Waals surface area contributed by atoms with Crippen molar-refractivity contribution in [1.82, 2.24) is 10.2 Å². The van der Waals surface area contributed by atoms with Crippen LogP contribution in [0.1, 0.15) is 22.0 Å². The number of ether oxygens (including phenoxy) is 2. The maximum absolute atomic E-state index is 13.6. The van der Waals surface area contributed by atoms with Crippen LogP contribution in [0.25, 0.3) is 0 Å². The Morgan fingerprint density at radius 2 is 2.00 bits per heavy atom. The first-order valence-electron chi connectivity index (χ1n) is 8.39. The summed E-state index contributed by atoms with van der Waals surface area (Å²) in [6.45, 7) is -1.48. The molecule has 1 N–H and O–H groups in total. The van der Waals surface area contributed by atoms with E-state index in [2.05, 4.69) is 10.1 Å². The van der Waals surface area contributed by atoms with Crippen LogP contribution in [0.2, 0.25) is 0 Å². The maximum Gasteiger partial charge on any atom is 0.387 e. The number of carbonyl (C=O) groups is 1. The van der Waals surface area contributed by atoms with Gasteiger partial charge in [-0.1, -0.05) is 12.1 Å². The third kappa shape index (κ3) is 4.88. The number of amides is 1. The third-order valence-electron chi connectivity index (χ3n) is 4.36. The van der Waals surface area contributed by atoms with Crippen molar-refractivity contribution < 1.29 is 27.4 Å². The summed E-state index contributed by atoms with van der Waals surface area (Å²) >= 11 is 0. The van der Waals surface area contributed by atoms with E-state index in [0.29, 0.717) is 25.2 Å². The van der Waals surface area contributed by atoms with Gasteiger partial charge in [-0.15, -0.1) is 12.4 Å². The fourth-order valence-corrected chi connectivity index (χ4v) is 3.12. The Labute approximate surface area is 166 Å². The lowest BCUT2D eigenvalue weighted by molar-refractivity contribution is -0.0512. The standard InChI is InChI=1S/C19H19F3N2O3.ClH/c1-26-17-10-13(5-6-16(17)27-19(21)22)18(25)24-8-7-23-11-15(24)12-3-2-4-14(20)9-12;/h2-6,9-10,15,19,23H,7-8,11H2,1H3;1H. The van der Waals surface area contributed by atoms with Gasteiger partial charge in [0.05, 0.1) is 13.2 Å². The number of benzene rings is 2. The number of piperazine rings is 1. The molecule has 1 unspecified atom stereocenters. The molecule has 2 aromatic rings. The molecule has 28 heavy (non-hydrogen) atoms. The number of methoxy groups -OCH3 is 1. The van der Waals surface area contributed by atoms with Crippen LogP contribution < -0.4 is 14.8 Å². The highest BCUT2D eigenvalue weighted by Crippen LogP contribution is 2.31. The number of nitrogens with zero attached hydrogens (tertiary/aromatic N) is 1. The van der Waals surface area contributed by atoms with Gasteiger partial charge in [0.1, 0.15) is 5.82 Å². The average molecular weight is 417 g/mol. The molecule has 1 fully saturated rings. The molecule has 5 nitrogen and oxygen atoms in total. The highest BCUT2D eigenvalue weighted by atomic mass is 35.5. The number of hydrogen-bond donors (Lipinski definition) is 1. The zero-order chi connectivity index (χ0) is 19.4. The summed E-state index contributed by atoms with van der Waals surface area (Å²) in [5.74, 6) is -0.780. The van der Waals surface area contributed by atoms with Crippen molar-refractivity contribution in [3.05, 3.63) is 59.4 Å². The van der Waals surface area contributed by atoms with Gasteiger partial charge < -0.3 is 19.7 Å². The predicted octanol–water partition coefficient (Wildman–Crippen LogP) is 3.64. The van der Waals surface area contributed by atoms with Gasteiger partial charge in [0.15, 0.2) is 11.5 Å². The zero-order valence-corrected chi connectivity index (χ0v) is 15.8. The minimum absolute atomic E-state index is 0. The molecule has 1 aliphatic heterocycles. The van der Waals surface area contributed by atoms with Crippen LogP contribution in [0.3, 0.4) is 0 Å². The zero-order valence-electron chi connectivity index (χ0n) is 15.0. The van der Waals surface area contributed by atoms with Gasteiger partial charge in [-0.3, -0.25) is 4.79 Å². The Hall–Kier alpha value is -2.45. The van der Waals surface area contributed by atoms with E-state index in [1.807, 2.05) is 0 Å². The molecule has 0 spiro atoms. The van der Waals surface area contributed by atoms with E-state index in [4.69, 9.17) is 4.74 Å². The van der Waals surface area contributed by atoms with Crippen LogP contribution in [-0.2, 0) is 0 Å². The molecule has 9 heteroatoms. The molecular weight excluding hydrogens is 397 g/mol. The summed E-state index contributed by atoms with van der Waals surface area (Å²) in [6.07, 6.45) is 0. The van der Waals surface area contributed by atoms with E-state index < -0.39 is 6.61 Å². The molecule has 1 saturated heterocycles. The minimum Gasteiger partial charge on any atom is -0.493 e. The first kappa shape index (κ1) is 21.8. The third-order valence-corrected chi connectivity index (χ3v) is 4.36. The number of carbonyl (C=O) groups excluding carboxylic acids is 1. The second kappa shape index (κ2) is 9.66. The number of hydrogen-bond acceptors (Lipinski definition) is 4. The summed E-state index contributed by atoms with van der Waals surface area (Å²) in [6, 6.07) is 9.82. The van der Waals surface area contributed by atoms with Gasteiger partial charge in [0.2, 0.25) is 0 Å². The van der Waals surface area contributed by atoms with Crippen molar-refractivity contribution in [3.8, 4) is 11.5 Å². The predicted molar refractivity (Wildman–Crippen MR) is 99.9 cm³/mol. The fraction of sp³-hybridized carbons (Fsp3) is 0.316. The van der Waals surface area contributed by atoms with Crippen molar-refractivity contribution in [1.29, 1.82) is 0 Å². The molecule has 0 saturated carbocycles. The molecule has 1 atom stereocenters. The number of alkyl halides is 2. The topological polar surface area (TPSA) is 50.8 Å². The Morgan fingerprint density at radius 1 is 1.21 bits per heavy atom. The largest absolute Gasteiger partial charge is 0.493 e. The van der Waals surface area contributed by atoms with E-state index in [9.17, 15) is 18.0 Å². The highest BCUT2D eigenvalue weighted by Gasteiger charge is 2.29. The van der Waals surface area contributed by atoms with Gasteiger partial charge in [0.25, 0.3) is 5.91 Å². The molecular formula is C19H20ClF3N2O3. The smallest absolute Gasteiger partial charge is 0.387 e. The van der Waals surface area contributed by atoms with E-state index in [1.54, 1.807) is 17.0 Å². The molecule has 3 rings (SSSR count). The van der Waals surface area contributed by atoms with Crippen molar-refractivity contribution >= 4 is 18.3 Å². The number of rotatable bonds is 5. The quantitative estimate of drug-likeness (QED) is 0.808. The van der Waals surface area contributed by atoms with Gasteiger partial charge in [-0.05, 0) is 35.9 Å². The van der Waals surface area contributed by atoms with Crippen LogP contribution in [0.5, 0.6) is 11.5 Å². The summed E-state index contributed by atoms with van der Waals surface area (Å²) in [7, 11) is 1.31. The van der Waals surface area contributed by atoms with Crippen LogP contribution in [-0.4, -0.2) is 44.2 Å². The molecule has 2 aromatic carbocycles. The van der Waals surface area contributed by atoms with E-state index >= 15 is 0 Å². The number of halogens is 4. The Morgan fingerprint density at radius 3 is 2.68 bits per heavy atom. The van der Waals surface area contributed by atoms with Gasteiger partial charge in [-0.2, -0.15) is 8.78 Å². The van der Waals surface area contributed by atoms with Crippen molar-refractivity contribution in [2.45, 2.75) is 12.7 Å². The molecule has 0 radical (unpaired) electrons. The molecule has 0 aromatic heterocycles. The second-order valence-corrected chi connectivity index (χ2v) is 6.02. The van der Waals surface area contributed by atoms with E-state index in [-0.39, 0.29) is 47.2 Å². The fourth-order valence-electron chi connectivity index (χ4n) is 3.12. The van der Waals surface area contributed by atoms with Crippen LogP contribution >= 0.6 is 12.4 Å². The van der Waals surface area contributed by atoms with Crippen LogP contribution in [0.15, 0.2) is 42.5 Å². The monoisotopic (exact) mass is 416 g/mol. The van der Waals surface area contributed by atoms with E-state index in [0.717, 1.165) is 0 Å². The first-order chi connectivity index (χ1) is 13.0. The average Bonchev–Trinajstić information content (AvgIpc) is 2.67. The second-order valence-electron chi connectivity index (χ2n) is 6.02. The Kier molecular flexibility index (Phi) is 7.53. The highest BCUT2D eigenvalue weighted by molar-refractivity contribution is 5.95. The summed E-state index contributed by atoms with van der Waals surface area (Å²) < 4.78 is 48.0. The lowest BCUT2D eigenvalue weighted by Crippen LogP contribution is -2.48. The SMILES string of the molecule is COc1cc(C(=O)N2CCNCC2c2cccc(F)c2)ccc1OC(F)F.Cl. The lowest BCUT2D eigenvalue weighted by atomic mass is 10.0. The van der Waals surface area contributed by atoms with Gasteiger partial charge in [0, 0.05) is 25.2 Å². The summed E-state index contributed by atoms with van der Waals surface area (Å²) in [4.78, 5) is 14.7. The van der Waals surface area contributed by atoms with Crippen molar-refractivity contribution in [2.24, 2.45) is 0 Å². The molecule has 1 amide bonds. The normalized spacial score (nSPS) is 16.5.